The fourth-order valence-corrected chi connectivity index (χ4v) is 5.16. The standard InChI is InChI=1S/C26H24BrN3O4/c1-16-12-19-13-18(6-7-21(19)34-16)24(31)22-23(17-4-2-5-20(27)14-17)30(26(33)25(22)32)10-3-9-29-11-8-28-15-29/h2,4-8,11,13-16,23H,3,9-10,12H2,1H3,(H,31,32)/p+1. The maximum atomic E-state index is 13.2. The highest BCUT2D eigenvalue weighted by Crippen LogP contribution is 2.41. The van der Waals surface area contributed by atoms with Crippen LogP contribution in [0.4, 0.5) is 0 Å². The summed E-state index contributed by atoms with van der Waals surface area (Å²) in [6.07, 6.45) is 7.05. The van der Waals surface area contributed by atoms with Crippen LogP contribution in [0.5, 0.6) is 5.75 Å². The zero-order valence-electron chi connectivity index (χ0n) is 18.7. The zero-order valence-corrected chi connectivity index (χ0v) is 20.3. The number of ketones is 1. The third-order valence-electron chi connectivity index (χ3n) is 6.29. The summed E-state index contributed by atoms with van der Waals surface area (Å²) < 4.78 is 8.58. The quantitative estimate of drug-likeness (QED) is 0.222. The van der Waals surface area contributed by atoms with E-state index >= 15 is 0 Å². The molecule has 0 spiro atoms. The molecule has 0 radical (unpaired) electrons. The van der Waals surface area contributed by atoms with Gasteiger partial charge in [0.2, 0.25) is 6.33 Å². The number of imidazole rings is 1. The summed E-state index contributed by atoms with van der Waals surface area (Å²) in [7, 11) is 0. The molecule has 2 aliphatic heterocycles. The van der Waals surface area contributed by atoms with Crippen molar-refractivity contribution < 1.29 is 24.0 Å². The molecule has 3 aromatic rings. The van der Waals surface area contributed by atoms with Gasteiger partial charge in [0.1, 0.15) is 30.0 Å². The predicted octanol–water partition coefficient (Wildman–Crippen LogP) is 3.90. The fourth-order valence-electron chi connectivity index (χ4n) is 4.74. The first-order chi connectivity index (χ1) is 16.4. The maximum Gasteiger partial charge on any atom is 0.295 e. The van der Waals surface area contributed by atoms with Gasteiger partial charge in [-0.2, -0.15) is 0 Å². The second-order valence-electron chi connectivity index (χ2n) is 8.71. The molecule has 34 heavy (non-hydrogen) atoms. The molecule has 0 saturated carbocycles. The monoisotopic (exact) mass is 522 g/mol. The van der Waals surface area contributed by atoms with Crippen LogP contribution in [0.1, 0.15) is 36.1 Å². The Kier molecular flexibility index (Phi) is 6.00. The minimum Gasteiger partial charge on any atom is -0.507 e. The number of rotatable bonds is 6. The minimum atomic E-state index is -0.669. The van der Waals surface area contributed by atoms with E-state index in [0.29, 0.717) is 25.1 Å². The Morgan fingerprint density at radius 2 is 2.12 bits per heavy atom. The number of benzene rings is 2. The molecular weight excluding hydrogens is 498 g/mol. The fraction of sp³-hybridized carbons (Fsp3) is 0.269. The second-order valence-corrected chi connectivity index (χ2v) is 9.62. The number of nitrogens with one attached hydrogen (secondary N) is 1. The zero-order chi connectivity index (χ0) is 23.8. The van der Waals surface area contributed by atoms with Crippen molar-refractivity contribution >= 4 is 33.4 Å². The van der Waals surface area contributed by atoms with Crippen LogP contribution in [-0.4, -0.2) is 39.3 Å². The van der Waals surface area contributed by atoms with E-state index in [4.69, 9.17) is 4.74 Å². The third-order valence-corrected chi connectivity index (χ3v) is 6.78. The van der Waals surface area contributed by atoms with E-state index in [2.05, 4.69) is 20.9 Å². The molecule has 2 aliphatic rings. The van der Waals surface area contributed by atoms with E-state index in [1.54, 1.807) is 11.0 Å². The van der Waals surface area contributed by atoms with Gasteiger partial charge in [-0.05, 0) is 48.4 Å². The Morgan fingerprint density at radius 3 is 2.88 bits per heavy atom. The molecule has 8 heteroatoms. The van der Waals surface area contributed by atoms with E-state index in [1.165, 1.54) is 0 Å². The topological polar surface area (TPSA) is 86.5 Å². The van der Waals surface area contributed by atoms with Gasteiger partial charge in [0.15, 0.2) is 0 Å². The molecule has 174 valence electrons. The number of aliphatic hydroxyl groups excluding tert-OH is 1. The smallest absolute Gasteiger partial charge is 0.295 e. The van der Waals surface area contributed by atoms with E-state index in [0.717, 1.165) is 27.8 Å². The summed E-state index contributed by atoms with van der Waals surface area (Å²) in [5, 5.41) is 11.3. The number of carbonyl (C=O) groups is 2. The largest absolute Gasteiger partial charge is 0.507 e. The number of fused-ring (bicyclic) bond motifs is 1. The Balaban J connectivity index is 1.53. The predicted molar refractivity (Wildman–Crippen MR) is 129 cm³/mol. The molecule has 5 rings (SSSR count). The summed E-state index contributed by atoms with van der Waals surface area (Å²) >= 11 is 3.49. The SMILES string of the molecule is CC1Cc2cc(/C(O)=C3\C(=O)C(=O)N(CCC[n+]4cc[nH]c4)C3c3cccc(Br)c3)ccc2O1. The molecule has 2 aromatic carbocycles. The van der Waals surface area contributed by atoms with Crippen molar-refractivity contribution in [2.45, 2.75) is 38.5 Å². The number of carbonyl (C=O) groups excluding carboxylic acids is 2. The number of likely N-dealkylation sites (tertiary alicyclic amines) is 1. The van der Waals surface area contributed by atoms with Crippen LogP contribution in [0.25, 0.3) is 5.76 Å². The van der Waals surface area contributed by atoms with Crippen LogP contribution >= 0.6 is 15.9 Å². The van der Waals surface area contributed by atoms with Crippen LogP contribution < -0.4 is 9.30 Å². The highest BCUT2D eigenvalue weighted by Gasteiger charge is 2.46. The second kappa shape index (κ2) is 9.10. The lowest BCUT2D eigenvalue weighted by molar-refractivity contribution is -0.695. The van der Waals surface area contributed by atoms with Gasteiger partial charge in [-0.25, -0.2) is 4.57 Å². The molecule has 1 fully saturated rings. The number of nitrogens with zero attached hydrogens (tertiary/aromatic N) is 2. The highest BCUT2D eigenvalue weighted by atomic mass is 79.9. The number of H-pyrrole nitrogens is 1. The maximum absolute atomic E-state index is 13.2. The van der Waals surface area contributed by atoms with Crippen LogP contribution in [-0.2, 0) is 22.6 Å². The van der Waals surface area contributed by atoms with Gasteiger partial charge in [0, 0.05) is 29.4 Å². The van der Waals surface area contributed by atoms with Gasteiger partial charge >= 0.3 is 0 Å². The van der Waals surface area contributed by atoms with E-state index in [-0.39, 0.29) is 17.4 Å². The summed E-state index contributed by atoms with van der Waals surface area (Å²) in [6.45, 7) is 3.07. The van der Waals surface area contributed by atoms with Crippen molar-refractivity contribution in [1.29, 1.82) is 0 Å². The van der Waals surface area contributed by atoms with E-state index < -0.39 is 17.7 Å². The number of Topliss-reactive ketones (excluding diaryl/α,β-unsaturated/α-hetero) is 1. The van der Waals surface area contributed by atoms with Crippen molar-refractivity contribution in [1.82, 2.24) is 9.88 Å². The molecular formula is C26H25BrN3O4+. The number of aryl methyl sites for hydroxylation is 1. The molecule has 3 heterocycles. The summed E-state index contributed by atoms with van der Waals surface area (Å²) in [5.74, 6) is -0.630. The van der Waals surface area contributed by atoms with Crippen molar-refractivity contribution in [2.75, 3.05) is 6.54 Å². The highest BCUT2D eigenvalue weighted by molar-refractivity contribution is 9.10. The first-order valence-corrected chi connectivity index (χ1v) is 12.1. The van der Waals surface area contributed by atoms with E-state index in [1.807, 2.05) is 66.6 Å². The molecule has 2 N–H and O–H groups in total. The number of amides is 1. The number of ether oxygens (including phenoxy) is 1. The molecule has 2 atom stereocenters. The molecule has 0 bridgehead atoms. The van der Waals surface area contributed by atoms with Crippen molar-refractivity contribution in [3.05, 3.63) is 87.9 Å². The number of aromatic nitrogens is 2. The van der Waals surface area contributed by atoms with Crippen LogP contribution in [0.3, 0.4) is 0 Å². The average molecular weight is 523 g/mol. The van der Waals surface area contributed by atoms with Crippen molar-refractivity contribution in [2.24, 2.45) is 0 Å². The Morgan fingerprint density at radius 1 is 1.26 bits per heavy atom. The van der Waals surface area contributed by atoms with Gasteiger partial charge in [-0.15, -0.1) is 0 Å². The summed E-state index contributed by atoms with van der Waals surface area (Å²) in [5.41, 5.74) is 2.37. The van der Waals surface area contributed by atoms with Crippen molar-refractivity contribution in [3.63, 3.8) is 0 Å². The molecule has 1 saturated heterocycles. The van der Waals surface area contributed by atoms with Crippen LogP contribution in [0.2, 0.25) is 0 Å². The number of aromatic amines is 1. The number of hydrogen-bond acceptors (Lipinski definition) is 4. The van der Waals surface area contributed by atoms with Crippen LogP contribution in [0, 0.1) is 0 Å². The van der Waals surface area contributed by atoms with Gasteiger partial charge in [0.25, 0.3) is 11.7 Å². The molecule has 1 aromatic heterocycles. The number of hydrogen-bond donors (Lipinski definition) is 2. The van der Waals surface area contributed by atoms with E-state index in [9.17, 15) is 14.7 Å². The molecule has 1 amide bonds. The molecule has 2 unspecified atom stereocenters. The Bertz CT molecular complexity index is 1280. The first kappa shape index (κ1) is 22.4. The summed E-state index contributed by atoms with van der Waals surface area (Å²) in [6, 6.07) is 12.2. The van der Waals surface area contributed by atoms with Gasteiger partial charge in [-0.1, -0.05) is 28.1 Å². The minimum absolute atomic E-state index is 0.0672. The number of aliphatic hydroxyl groups is 1. The van der Waals surface area contributed by atoms with Gasteiger partial charge in [0.05, 0.1) is 18.2 Å². The lowest BCUT2D eigenvalue weighted by atomic mass is 9.94. The average Bonchev–Trinajstić information content (AvgIpc) is 3.52. The van der Waals surface area contributed by atoms with Crippen LogP contribution in [0.15, 0.2) is 71.2 Å². The van der Waals surface area contributed by atoms with Crippen molar-refractivity contribution in [3.8, 4) is 5.75 Å². The molecule has 0 aliphatic carbocycles. The van der Waals surface area contributed by atoms with Gasteiger partial charge in [-0.3, -0.25) is 14.6 Å². The lowest BCUT2D eigenvalue weighted by Gasteiger charge is -2.25. The first-order valence-electron chi connectivity index (χ1n) is 11.3. The summed E-state index contributed by atoms with van der Waals surface area (Å²) in [4.78, 5) is 30.9. The Hall–Kier alpha value is -3.39. The van der Waals surface area contributed by atoms with Gasteiger partial charge < -0.3 is 14.7 Å². The third kappa shape index (κ3) is 4.14. The number of halogens is 1. The normalized spacial score (nSPS) is 21.1. The molecule has 7 nitrogen and oxygen atoms in total. The Labute approximate surface area is 205 Å². The lowest BCUT2D eigenvalue weighted by Crippen LogP contribution is -2.36.